The Hall–Kier alpha value is -2.37. The van der Waals surface area contributed by atoms with Crippen LogP contribution in [-0.4, -0.2) is 23.0 Å². The smallest absolute Gasteiger partial charge is 0.189 e. The SMILES string of the molecule is COc1ccc(-n2c(C)nc3ccc(C4OC(C)O4)cc32)cc1. The molecule has 3 aromatic rings. The lowest BCUT2D eigenvalue weighted by atomic mass is 10.1. The second-order valence-corrected chi connectivity index (χ2v) is 5.61. The first-order valence-electron chi connectivity index (χ1n) is 7.60. The van der Waals surface area contributed by atoms with E-state index in [1.165, 1.54) is 0 Å². The second kappa shape index (κ2) is 5.37. The largest absolute Gasteiger partial charge is 0.497 e. The summed E-state index contributed by atoms with van der Waals surface area (Å²) in [5, 5.41) is 0. The number of benzene rings is 2. The van der Waals surface area contributed by atoms with Crippen LogP contribution in [0.15, 0.2) is 42.5 Å². The molecule has 4 rings (SSSR count). The molecule has 118 valence electrons. The molecule has 0 atom stereocenters. The third kappa shape index (κ3) is 2.38. The van der Waals surface area contributed by atoms with Crippen molar-refractivity contribution in [3.63, 3.8) is 0 Å². The molecule has 23 heavy (non-hydrogen) atoms. The van der Waals surface area contributed by atoms with E-state index in [1.807, 2.05) is 50.2 Å². The minimum absolute atomic E-state index is 0.135. The van der Waals surface area contributed by atoms with Crippen molar-refractivity contribution in [2.45, 2.75) is 26.4 Å². The van der Waals surface area contributed by atoms with Gasteiger partial charge >= 0.3 is 0 Å². The Morgan fingerprint density at radius 3 is 2.48 bits per heavy atom. The van der Waals surface area contributed by atoms with Gasteiger partial charge in [0, 0.05) is 11.3 Å². The molecule has 0 radical (unpaired) electrons. The molecule has 2 heterocycles. The number of nitrogens with zero attached hydrogens (tertiary/aromatic N) is 2. The quantitative estimate of drug-likeness (QED) is 0.739. The van der Waals surface area contributed by atoms with Gasteiger partial charge in [0.1, 0.15) is 11.6 Å². The van der Waals surface area contributed by atoms with E-state index < -0.39 is 0 Å². The van der Waals surface area contributed by atoms with Gasteiger partial charge in [-0.15, -0.1) is 0 Å². The van der Waals surface area contributed by atoms with Gasteiger partial charge in [0.15, 0.2) is 12.6 Å². The highest BCUT2D eigenvalue weighted by molar-refractivity contribution is 5.79. The van der Waals surface area contributed by atoms with Gasteiger partial charge in [0.05, 0.1) is 18.1 Å². The predicted molar refractivity (Wildman–Crippen MR) is 86.7 cm³/mol. The first kappa shape index (κ1) is 14.2. The Labute approximate surface area is 134 Å². The van der Waals surface area contributed by atoms with E-state index in [0.29, 0.717) is 0 Å². The number of methoxy groups -OCH3 is 1. The third-order valence-electron chi connectivity index (χ3n) is 4.08. The highest BCUT2D eigenvalue weighted by atomic mass is 16.9. The van der Waals surface area contributed by atoms with Gasteiger partial charge in [-0.05, 0) is 50.2 Å². The third-order valence-corrected chi connectivity index (χ3v) is 4.08. The van der Waals surface area contributed by atoms with Crippen molar-refractivity contribution in [2.24, 2.45) is 0 Å². The summed E-state index contributed by atoms with van der Waals surface area (Å²) in [6.45, 7) is 3.89. The summed E-state index contributed by atoms with van der Waals surface area (Å²) in [5.41, 5.74) is 4.04. The minimum atomic E-state index is -0.283. The van der Waals surface area contributed by atoms with Crippen LogP contribution in [0, 0.1) is 6.92 Å². The number of fused-ring (bicyclic) bond motifs is 1. The standard InChI is InChI=1S/C18H18N2O3/c1-11-19-16-9-4-13(18-22-12(2)23-18)10-17(16)20(11)14-5-7-15(21-3)8-6-14/h4-10,12,18H,1-3H3. The predicted octanol–water partition coefficient (Wildman–Crippen LogP) is 3.73. The molecule has 0 unspecified atom stereocenters. The Kier molecular flexibility index (Phi) is 3.32. The van der Waals surface area contributed by atoms with Gasteiger partial charge < -0.3 is 14.2 Å². The summed E-state index contributed by atoms with van der Waals surface area (Å²) in [6.07, 6.45) is -0.419. The fraction of sp³-hybridized carbons (Fsp3) is 0.278. The van der Waals surface area contributed by atoms with Crippen molar-refractivity contribution in [3.8, 4) is 11.4 Å². The summed E-state index contributed by atoms with van der Waals surface area (Å²) < 4.78 is 18.5. The van der Waals surface area contributed by atoms with E-state index in [1.54, 1.807) is 7.11 Å². The maximum atomic E-state index is 5.59. The summed E-state index contributed by atoms with van der Waals surface area (Å²) in [4.78, 5) is 4.64. The molecule has 0 amide bonds. The molecule has 0 aliphatic carbocycles. The van der Waals surface area contributed by atoms with Crippen LogP contribution in [-0.2, 0) is 9.47 Å². The number of ether oxygens (including phenoxy) is 3. The highest BCUT2D eigenvalue weighted by Crippen LogP contribution is 2.33. The first-order chi connectivity index (χ1) is 11.2. The van der Waals surface area contributed by atoms with Crippen LogP contribution in [0.3, 0.4) is 0 Å². The van der Waals surface area contributed by atoms with Crippen molar-refractivity contribution in [1.29, 1.82) is 0 Å². The van der Waals surface area contributed by atoms with Crippen molar-refractivity contribution < 1.29 is 14.2 Å². The van der Waals surface area contributed by atoms with E-state index in [-0.39, 0.29) is 12.6 Å². The van der Waals surface area contributed by atoms with Crippen LogP contribution in [0.5, 0.6) is 5.75 Å². The zero-order chi connectivity index (χ0) is 16.0. The Morgan fingerprint density at radius 1 is 1.09 bits per heavy atom. The molecule has 1 saturated heterocycles. The molecule has 1 aliphatic rings. The molecule has 0 bridgehead atoms. The number of aryl methyl sites for hydroxylation is 1. The van der Waals surface area contributed by atoms with Crippen LogP contribution < -0.4 is 4.74 Å². The number of aromatic nitrogens is 2. The molecule has 0 spiro atoms. The molecule has 1 aromatic heterocycles. The lowest BCUT2D eigenvalue weighted by molar-refractivity contribution is -0.382. The fourth-order valence-corrected chi connectivity index (χ4v) is 2.93. The van der Waals surface area contributed by atoms with Crippen LogP contribution in [0.1, 0.15) is 24.6 Å². The van der Waals surface area contributed by atoms with Gasteiger partial charge in [0.2, 0.25) is 0 Å². The zero-order valence-electron chi connectivity index (χ0n) is 13.3. The molecule has 2 aromatic carbocycles. The average Bonchev–Trinajstić information content (AvgIpc) is 2.87. The molecule has 0 saturated carbocycles. The summed E-state index contributed by atoms with van der Waals surface area (Å²) in [5.74, 6) is 1.77. The van der Waals surface area contributed by atoms with Gasteiger partial charge in [-0.3, -0.25) is 4.57 Å². The van der Waals surface area contributed by atoms with Crippen LogP contribution in [0.25, 0.3) is 16.7 Å². The molecule has 0 N–H and O–H groups in total. The van der Waals surface area contributed by atoms with E-state index in [9.17, 15) is 0 Å². The normalized spacial score (nSPS) is 20.5. The minimum Gasteiger partial charge on any atom is -0.497 e. The molecule has 5 nitrogen and oxygen atoms in total. The molecule has 1 fully saturated rings. The maximum absolute atomic E-state index is 5.59. The number of rotatable bonds is 3. The topological polar surface area (TPSA) is 45.5 Å². The van der Waals surface area contributed by atoms with Crippen LogP contribution >= 0.6 is 0 Å². The number of imidazole rings is 1. The fourth-order valence-electron chi connectivity index (χ4n) is 2.93. The van der Waals surface area contributed by atoms with Gasteiger partial charge in [-0.1, -0.05) is 6.07 Å². The lowest BCUT2D eigenvalue weighted by Gasteiger charge is -2.33. The molecular weight excluding hydrogens is 292 g/mol. The lowest BCUT2D eigenvalue weighted by Crippen LogP contribution is -2.31. The summed E-state index contributed by atoms with van der Waals surface area (Å²) >= 11 is 0. The molecule has 1 aliphatic heterocycles. The Morgan fingerprint density at radius 2 is 1.83 bits per heavy atom. The first-order valence-corrected chi connectivity index (χ1v) is 7.60. The summed E-state index contributed by atoms with van der Waals surface area (Å²) in [7, 11) is 1.67. The average molecular weight is 310 g/mol. The highest BCUT2D eigenvalue weighted by Gasteiger charge is 2.28. The van der Waals surface area contributed by atoms with Crippen molar-refractivity contribution >= 4 is 11.0 Å². The monoisotopic (exact) mass is 310 g/mol. The van der Waals surface area contributed by atoms with E-state index in [2.05, 4.69) is 15.6 Å². The van der Waals surface area contributed by atoms with Crippen molar-refractivity contribution in [3.05, 3.63) is 53.9 Å². The number of hydrogen-bond acceptors (Lipinski definition) is 4. The van der Waals surface area contributed by atoms with E-state index in [4.69, 9.17) is 14.2 Å². The van der Waals surface area contributed by atoms with Gasteiger partial charge in [0.25, 0.3) is 0 Å². The zero-order valence-corrected chi connectivity index (χ0v) is 13.3. The van der Waals surface area contributed by atoms with Gasteiger partial charge in [-0.25, -0.2) is 4.98 Å². The summed E-state index contributed by atoms with van der Waals surface area (Å²) in [6, 6.07) is 14.0. The van der Waals surface area contributed by atoms with Crippen LogP contribution in [0.2, 0.25) is 0 Å². The van der Waals surface area contributed by atoms with E-state index in [0.717, 1.165) is 33.9 Å². The molecular formula is C18H18N2O3. The maximum Gasteiger partial charge on any atom is 0.189 e. The van der Waals surface area contributed by atoms with Crippen molar-refractivity contribution in [1.82, 2.24) is 9.55 Å². The van der Waals surface area contributed by atoms with E-state index >= 15 is 0 Å². The Bertz CT molecular complexity index is 849. The van der Waals surface area contributed by atoms with Crippen LogP contribution in [0.4, 0.5) is 0 Å². The van der Waals surface area contributed by atoms with Crippen molar-refractivity contribution in [2.75, 3.05) is 7.11 Å². The molecule has 5 heteroatoms. The van der Waals surface area contributed by atoms with Gasteiger partial charge in [-0.2, -0.15) is 0 Å². The Balaban J connectivity index is 1.80. The number of hydrogen-bond donors (Lipinski definition) is 0. The second-order valence-electron chi connectivity index (χ2n) is 5.61.